The van der Waals surface area contributed by atoms with Crippen molar-refractivity contribution in [3.63, 3.8) is 0 Å². The highest BCUT2D eigenvalue weighted by molar-refractivity contribution is 5.79. The number of hydrogen-bond acceptors (Lipinski definition) is 6. The van der Waals surface area contributed by atoms with Crippen LogP contribution < -0.4 is 20.3 Å². The second-order valence-corrected chi connectivity index (χ2v) is 6.14. The molecule has 1 atom stereocenters. The summed E-state index contributed by atoms with van der Waals surface area (Å²) in [6.07, 6.45) is 3.32. The fraction of sp³-hybridized carbons (Fsp3) is 0.300. The number of nitrogens with one attached hydrogen (secondary N) is 1. The smallest absolute Gasteiger partial charge is 0.267 e. The Kier molecular flexibility index (Phi) is 6.62. The van der Waals surface area contributed by atoms with Gasteiger partial charge in [0.05, 0.1) is 13.2 Å². The minimum Gasteiger partial charge on any atom is -0.494 e. The number of carbonyl (C=O) groups excluding carboxylic acids is 1. The van der Waals surface area contributed by atoms with Crippen molar-refractivity contribution in [2.75, 3.05) is 19.8 Å². The van der Waals surface area contributed by atoms with Gasteiger partial charge in [0, 0.05) is 18.5 Å². The zero-order valence-corrected chi connectivity index (χ0v) is 16.3. The molecule has 0 aliphatic heterocycles. The predicted octanol–water partition coefficient (Wildman–Crippen LogP) is 1.58. The summed E-state index contributed by atoms with van der Waals surface area (Å²) in [6.45, 7) is 4.73. The van der Waals surface area contributed by atoms with Crippen molar-refractivity contribution in [1.29, 1.82) is 0 Å². The summed E-state index contributed by atoms with van der Waals surface area (Å²) in [6, 6.07) is 11.2. The zero-order chi connectivity index (χ0) is 20.6. The molecule has 1 amide bonds. The molecule has 1 N–H and O–H groups in total. The molecule has 3 rings (SSSR count). The van der Waals surface area contributed by atoms with Crippen LogP contribution in [0.2, 0.25) is 0 Å². The standard InChI is InChI=1S/C20H23N5O4/c1-3-28-16-5-7-17(8-6-16)29-14-12-21-20(27)15(2)25-19(26)10-9-18(23-25)24-13-4-11-22-24/h4-11,13,15H,3,12,14H2,1-2H3,(H,21,27). The third-order valence-corrected chi connectivity index (χ3v) is 4.10. The summed E-state index contributed by atoms with van der Waals surface area (Å²) < 4.78 is 13.6. The molecule has 0 saturated carbocycles. The second kappa shape index (κ2) is 9.54. The highest BCUT2D eigenvalue weighted by Gasteiger charge is 2.17. The molecule has 2 heterocycles. The zero-order valence-electron chi connectivity index (χ0n) is 16.3. The van der Waals surface area contributed by atoms with Crippen molar-refractivity contribution >= 4 is 5.91 Å². The van der Waals surface area contributed by atoms with E-state index in [0.29, 0.717) is 31.3 Å². The maximum atomic E-state index is 12.4. The summed E-state index contributed by atoms with van der Waals surface area (Å²) in [4.78, 5) is 24.5. The summed E-state index contributed by atoms with van der Waals surface area (Å²) in [5.74, 6) is 1.58. The van der Waals surface area contributed by atoms with Crippen LogP contribution in [0.3, 0.4) is 0 Å². The van der Waals surface area contributed by atoms with Gasteiger partial charge in [0.2, 0.25) is 5.91 Å². The van der Waals surface area contributed by atoms with Crippen LogP contribution in [0.5, 0.6) is 11.5 Å². The molecular formula is C20H23N5O4. The van der Waals surface area contributed by atoms with E-state index in [1.54, 1.807) is 43.6 Å². The van der Waals surface area contributed by atoms with Crippen LogP contribution in [0, 0.1) is 0 Å². The van der Waals surface area contributed by atoms with Crippen molar-refractivity contribution in [3.05, 3.63) is 65.2 Å². The molecule has 2 aromatic heterocycles. The highest BCUT2D eigenvalue weighted by atomic mass is 16.5. The number of aromatic nitrogens is 4. The average Bonchev–Trinajstić information content (AvgIpc) is 3.27. The van der Waals surface area contributed by atoms with Gasteiger partial charge in [0.15, 0.2) is 5.82 Å². The predicted molar refractivity (Wildman–Crippen MR) is 106 cm³/mol. The van der Waals surface area contributed by atoms with Crippen LogP contribution in [-0.4, -0.2) is 45.2 Å². The van der Waals surface area contributed by atoms with Gasteiger partial charge in [-0.1, -0.05) is 0 Å². The molecule has 1 unspecified atom stereocenters. The van der Waals surface area contributed by atoms with Gasteiger partial charge in [0.1, 0.15) is 24.1 Å². The first-order valence-corrected chi connectivity index (χ1v) is 9.31. The Bertz CT molecular complexity index is 983. The molecule has 0 saturated heterocycles. The Balaban J connectivity index is 1.53. The van der Waals surface area contributed by atoms with Crippen molar-refractivity contribution in [1.82, 2.24) is 24.9 Å². The lowest BCUT2D eigenvalue weighted by Gasteiger charge is -2.15. The SMILES string of the molecule is CCOc1ccc(OCCNC(=O)C(C)n2nc(-n3cccn3)ccc2=O)cc1. The minimum atomic E-state index is -0.775. The van der Waals surface area contributed by atoms with Crippen LogP contribution in [0.15, 0.2) is 59.7 Å². The monoisotopic (exact) mass is 397 g/mol. The number of carbonyl (C=O) groups is 1. The van der Waals surface area contributed by atoms with Crippen LogP contribution in [0.1, 0.15) is 19.9 Å². The van der Waals surface area contributed by atoms with E-state index in [1.807, 2.05) is 19.1 Å². The van der Waals surface area contributed by atoms with E-state index in [-0.39, 0.29) is 11.5 Å². The number of benzene rings is 1. The Morgan fingerprint density at radius 1 is 1.14 bits per heavy atom. The molecule has 0 fully saturated rings. The Morgan fingerprint density at radius 2 is 1.86 bits per heavy atom. The quantitative estimate of drug-likeness (QED) is 0.550. The number of hydrogen-bond donors (Lipinski definition) is 1. The molecular weight excluding hydrogens is 374 g/mol. The number of rotatable bonds is 9. The lowest BCUT2D eigenvalue weighted by Crippen LogP contribution is -2.38. The lowest BCUT2D eigenvalue weighted by molar-refractivity contribution is -0.124. The van der Waals surface area contributed by atoms with Crippen molar-refractivity contribution in [3.8, 4) is 17.3 Å². The van der Waals surface area contributed by atoms with Gasteiger partial charge in [0.25, 0.3) is 5.56 Å². The largest absolute Gasteiger partial charge is 0.494 e. The van der Waals surface area contributed by atoms with Crippen LogP contribution >= 0.6 is 0 Å². The van der Waals surface area contributed by atoms with Gasteiger partial charge in [-0.3, -0.25) is 9.59 Å². The average molecular weight is 397 g/mol. The third kappa shape index (κ3) is 5.22. The number of amides is 1. The summed E-state index contributed by atoms with van der Waals surface area (Å²) in [5, 5.41) is 11.1. The van der Waals surface area contributed by atoms with Gasteiger partial charge in [-0.15, -0.1) is 5.10 Å². The molecule has 9 nitrogen and oxygen atoms in total. The van der Waals surface area contributed by atoms with Crippen molar-refractivity contribution < 1.29 is 14.3 Å². The van der Waals surface area contributed by atoms with Crippen molar-refractivity contribution in [2.45, 2.75) is 19.9 Å². The van der Waals surface area contributed by atoms with Gasteiger partial charge in [-0.2, -0.15) is 5.10 Å². The number of ether oxygens (including phenoxy) is 2. The molecule has 152 valence electrons. The molecule has 9 heteroatoms. The van der Waals surface area contributed by atoms with Crippen LogP contribution in [0.4, 0.5) is 0 Å². The molecule has 3 aromatic rings. The van der Waals surface area contributed by atoms with Gasteiger partial charge < -0.3 is 14.8 Å². The molecule has 0 spiro atoms. The first-order valence-electron chi connectivity index (χ1n) is 9.31. The van der Waals surface area contributed by atoms with Gasteiger partial charge in [-0.25, -0.2) is 9.36 Å². The molecule has 0 aliphatic rings. The normalized spacial score (nSPS) is 11.7. The summed E-state index contributed by atoms with van der Waals surface area (Å²) >= 11 is 0. The summed E-state index contributed by atoms with van der Waals surface area (Å²) in [7, 11) is 0. The molecule has 0 aliphatic carbocycles. The minimum absolute atomic E-state index is 0.294. The first kappa shape index (κ1) is 20.1. The number of nitrogens with zero attached hydrogens (tertiary/aromatic N) is 4. The van der Waals surface area contributed by atoms with Crippen molar-refractivity contribution in [2.24, 2.45) is 0 Å². The molecule has 29 heavy (non-hydrogen) atoms. The van der Waals surface area contributed by atoms with E-state index >= 15 is 0 Å². The van der Waals surface area contributed by atoms with E-state index in [1.165, 1.54) is 10.7 Å². The second-order valence-electron chi connectivity index (χ2n) is 6.14. The van der Waals surface area contributed by atoms with Gasteiger partial charge in [-0.05, 0) is 50.2 Å². The van der Waals surface area contributed by atoms with E-state index in [9.17, 15) is 9.59 Å². The van der Waals surface area contributed by atoms with Gasteiger partial charge >= 0.3 is 0 Å². The highest BCUT2D eigenvalue weighted by Crippen LogP contribution is 2.17. The Morgan fingerprint density at radius 3 is 2.52 bits per heavy atom. The Labute approximate surface area is 167 Å². The topological polar surface area (TPSA) is 100 Å². The van der Waals surface area contributed by atoms with E-state index in [4.69, 9.17) is 9.47 Å². The Hall–Kier alpha value is -3.62. The fourth-order valence-corrected chi connectivity index (χ4v) is 2.62. The molecule has 0 radical (unpaired) electrons. The van der Waals surface area contributed by atoms with E-state index in [2.05, 4.69) is 15.5 Å². The molecule has 0 bridgehead atoms. The van der Waals surface area contributed by atoms with E-state index in [0.717, 1.165) is 10.4 Å². The van der Waals surface area contributed by atoms with E-state index < -0.39 is 6.04 Å². The fourth-order valence-electron chi connectivity index (χ4n) is 2.62. The maximum Gasteiger partial charge on any atom is 0.267 e. The lowest BCUT2D eigenvalue weighted by atomic mass is 10.3. The van der Waals surface area contributed by atoms with Crippen LogP contribution in [0.25, 0.3) is 5.82 Å². The van der Waals surface area contributed by atoms with Crippen LogP contribution in [-0.2, 0) is 4.79 Å². The third-order valence-electron chi connectivity index (χ3n) is 4.10. The maximum absolute atomic E-state index is 12.4. The molecule has 1 aromatic carbocycles. The summed E-state index contributed by atoms with van der Waals surface area (Å²) in [5.41, 5.74) is -0.366. The first-order chi connectivity index (χ1) is 14.1.